The number of hydrogen-bond acceptors (Lipinski definition) is 2. The zero-order valence-corrected chi connectivity index (χ0v) is 10.0. The molecule has 0 radical (unpaired) electrons. The maximum absolute atomic E-state index is 5.82. The maximum atomic E-state index is 5.82. The van der Waals surface area contributed by atoms with E-state index in [0.717, 1.165) is 13.1 Å². The summed E-state index contributed by atoms with van der Waals surface area (Å²) in [7, 11) is 0. The van der Waals surface area contributed by atoms with Gasteiger partial charge in [0, 0.05) is 36.2 Å². The molecule has 0 saturated carbocycles. The first-order valence-corrected chi connectivity index (χ1v) is 6.37. The van der Waals surface area contributed by atoms with Crippen molar-refractivity contribution in [1.29, 1.82) is 0 Å². The van der Waals surface area contributed by atoms with Crippen molar-refractivity contribution < 1.29 is 0 Å². The van der Waals surface area contributed by atoms with Gasteiger partial charge in [-0.25, -0.2) is 0 Å². The van der Waals surface area contributed by atoms with Crippen LogP contribution in [-0.4, -0.2) is 29.0 Å². The topological polar surface area (TPSA) is 45.0 Å². The molecule has 1 fully saturated rings. The van der Waals surface area contributed by atoms with E-state index < -0.39 is 0 Å². The molecule has 3 nitrogen and oxygen atoms in total. The summed E-state index contributed by atoms with van der Waals surface area (Å²) in [6.07, 6.45) is 4.67. The Bertz CT molecular complexity index is 503. The van der Waals surface area contributed by atoms with Gasteiger partial charge in [0.05, 0.1) is 0 Å². The van der Waals surface area contributed by atoms with Crippen LogP contribution in [0.1, 0.15) is 18.4 Å². The fourth-order valence-corrected chi connectivity index (χ4v) is 2.85. The number of hydrogen-bond donors (Lipinski definition) is 2. The Kier molecular flexibility index (Phi) is 2.87. The summed E-state index contributed by atoms with van der Waals surface area (Å²) in [5, 5.41) is 1.34. The Morgan fingerprint density at radius 2 is 2.24 bits per heavy atom. The third kappa shape index (κ3) is 1.96. The summed E-state index contributed by atoms with van der Waals surface area (Å²) in [6.45, 7) is 2.98. The monoisotopic (exact) mass is 229 g/mol. The number of para-hydroxylation sites is 1. The summed E-state index contributed by atoms with van der Waals surface area (Å²) in [4.78, 5) is 5.85. The molecule has 0 spiro atoms. The quantitative estimate of drug-likeness (QED) is 0.846. The molecule has 1 aromatic carbocycles. The van der Waals surface area contributed by atoms with E-state index in [0.29, 0.717) is 6.04 Å². The second kappa shape index (κ2) is 4.51. The number of rotatable bonds is 3. The van der Waals surface area contributed by atoms with E-state index in [9.17, 15) is 0 Å². The van der Waals surface area contributed by atoms with Gasteiger partial charge >= 0.3 is 0 Å². The van der Waals surface area contributed by atoms with Gasteiger partial charge in [-0.1, -0.05) is 18.2 Å². The summed E-state index contributed by atoms with van der Waals surface area (Å²) in [5.41, 5.74) is 8.43. The predicted molar refractivity (Wildman–Crippen MR) is 70.8 cm³/mol. The van der Waals surface area contributed by atoms with Crippen molar-refractivity contribution in [2.24, 2.45) is 5.73 Å². The summed E-state index contributed by atoms with van der Waals surface area (Å²) >= 11 is 0. The summed E-state index contributed by atoms with van der Waals surface area (Å²) in [5.74, 6) is 0. The standard InChI is InChI=1S/C14H19N3/c15-8-12-4-3-7-17(12)10-11-9-16-14-6-2-1-5-13(11)14/h1-2,5-6,9,12,16H,3-4,7-8,10,15H2. The molecule has 0 amide bonds. The Morgan fingerprint density at radius 3 is 3.12 bits per heavy atom. The van der Waals surface area contributed by atoms with Crippen LogP contribution in [0.3, 0.4) is 0 Å². The smallest absolute Gasteiger partial charge is 0.0457 e. The molecule has 3 rings (SSSR count). The van der Waals surface area contributed by atoms with Crippen LogP contribution in [0, 0.1) is 0 Å². The van der Waals surface area contributed by atoms with Gasteiger partial charge in [0.1, 0.15) is 0 Å². The average molecular weight is 229 g/mol. The highest BCUT2D eigenvalue weighted by Crippen LogP contribution is 2.23. The highest BCUT2D eigenvalue weighted by atomic mass is 15.2. The molecule has 1 saturated heterocycles. The molecule has 3 heteroatoms. The Morgan fingerprint density at radius 1 is 1.35 bits per heavy atom. The van der Waals surface area contributed by atoms with Crippen molar-refractivity contribution in [3.8, 4) is 0 Å². The van der Waals surface area contributed by atoms with E-state index in [2.05, 4.69) is 40.3 Å². The van der Waals surface area contributed by atoms with Crippen molar-refractivity contribution in [3.63, 3.8) is 0 Å². The molecule has 90 valence electrons. The van der Waals surface area contributed by atoms with Crippen molar-refractivity contribution in [2.75, 3.05) is 13.1 Å². The van der Waals surface area contributed by atoms with E-state index in [1.165, 1.54) is 35.9 Å². The fraction of sp³-hybridized carbons (Fsp3) is 0.429. The molecular formula is C14H19N3. The maximum Gasteiger partial charge on any atom is 0.0457 e. The van der Waals surface area contributed by atoms with Crippen LogP contribution in [0.4, 0.5) is 0 Å². The Balaban J connectivity index is 1.85. The van der Waals surface area contributed by atoms with Crippen molar-refractivity contribution >= 4 is 10.9 Å². The minimum Gasteiger partial charge on any atom is -0.361 e. The third-order valence-electron chi connectivity index (χ3n) is 3.82. The molecule has 1 aliphatic heterocycles. The second-order valence-corrected chi connectivity index (χ2v) is 4.86. The molecule has 1 atom stereocenters. The predicted octanol–water partition coefficient (Wildman–Crippen LogP) is 2.09. The Labute approximate surface area is 102 Å². The number of nitrogens with zero attached hydrogens (tertiary/aromatic N) is 1. The van der Waals surface area contributed by atoms with Crippen LogP contribution in [0.5, 0.6) is 0 Å². The van der Waals surface area contributed by atoms with Crippen LogP contribution in [0.2, 0.25) is 0 Å². The largest absolute Gasteiger partial charge is 0.361 e. The third-order valence-corrected chi connectivity index (χ3v) is 3.82. The fourth-order valence-electron chi connectivity index (χ4n) is 2.85. The molecule has 0 aliphatic carbocycles. The highest BCUT2D eigenvalue weighted by molar-refractivity contribution is 5.82. The lowest BCUT2D eigenvalue weighted by atomic mass is 10.1. The van der Waals surface area contributed by atoms with Crippen molar-refractivity contribution in [3.05, 3.63) is 36.0 Å². The number of nitrogens with one attached hydrogen (secondary N) is 1. The van der Waals surface area contributed by atoms with E-state index in [-0.39, 0.29) is 0 Å². The van der Waals surface area contributed by atoms with Gasteiger partial charge in [0.15, 0.2) is 0 Å². The number of benzene rings is 1. The minimum atomic E-state index is 0.573. The first-order valence-electron chi connectivity index (χ1n) is 6.37. The Hall–Kier alpha value is -1.32. The molecule has 1 unspecified atom stereocenters. The number of H-pyrrole nitrogens is 1. The van der Waals surface area contributed by atoms with Gasteiger partial charge in [0.2, 0.25) is 0 Å². The van der Waals surface area contributed by atoms with E-state index in [1.54, 1.807) is 0 Å². The number of nitrogens with two attached hydrogens (primary N) is 1. The van der Waals surface area contributed by atoms with E-state index in [1.807, 2.05) is 0 Å². The van der Waals surface area contributed by atoms with Crippen molar-refractivity contribution in [2.45, 2.75) is 25.4 Å². The molecule has 3 N–H and O–H groups in total. The lowest BCUT2D eigenvalue weighted by molar-refractivity contribution is 0.251. The summed E-state index contributed by atoms with van der Waals surface area (Å²) < 4.78 is 0. The zero-order valence-electron chi connectivity index (χ0n) is 10.0. The number of aromatic amines is 1. The average Bonchev–Trinajstić information content (AvgIpc) is 2.97. The summed E-state index contributed by atoms with van der Waals surface area (Å²) in [6, 6.07) is 9.06. The SMILES string of the molecule is NCC1CCCN1Cc1c[nH]c2ccccc12. The van der Waals surface area contributed by atoms with Crippen LogP contribution < -0.4 is 5.73 Å². The van der Waals surface area contributed by atoms with Crippen LogP contribution in [0.15, 0.2) is 30.5 Å². The number of aromatic nitrogens is 1. The molecule has 2 heterocycles. The van der Waals surface area contributed by atoms with Gasteiger partial charge in [-0.05, 0) is 31.0 Å². The lowest BCUT2D eigenvalue weighted by Crippen LogP contribution is -2.34. The van der Waals surface area contributed by atoms with Gasteiger partial charge in [-0.3, -0.25) is 4.90 Å². The normalized spacial score (nSPS) is 21.4. The highest BCUT2D eigenvalue weighted by Gasteiger charge is 2.23. The minimum absolute atomic E-state index is 0.573. The molecule has 2 aromatic rings. The first kappa shape index (κ1) is 10.8. The molecule has 1 aliphatic rings. The van der Waals surface area contributed by atoms with Crippen LogP contribution in [0.25, 0.3) is 10.9 Å². The molecule has 17 heavy (non-hydrogen) atoms. The second-order valence-electron chi connectivity index (χ2n) is 4.86. The van der Waals surface area contributed by atoms with Gasteiger partial charge in [0.25, 0.3) is 0 Å². The first-order chi connectivity index (χ1) is 8.38. The lowest BCUT2D eigenvalue weighted by Gasteiger charge is -2.22. The molecule has 1 aromatic heterocycles. The van der Waals surface area contributed by atoms with Crippen LogP contribution >= 0.6 is 0 Å². The number of fused-ring (bicyclic) bond motifs is 1. The van der Waals surface area contributed by atoms with Gasteiger partial charge in [-0.2, -0.15) is 0 Å². The molecular weight excluding hydrogens is 210 g/mol. The van der Waals surface area contributed by atoms with Crippen LogP contribution in [-0.2, 0) is 6.54 Å². The van der Waals surface area contributed by atoms with Gasteiger partial charge in [-0.15, -0.1) is 0 Å². The molecule has 0 bridgehead atoms. The van der Waals surface area contributed by atoms with Gasteiger partial charge < -0.3 is 10.7 Å². The van der Waals surface area contributed by atoms with Crippen molar-refractivity contribution in [1.82, 2.24) is 9.88 Å². The van der Waals surface area contributed by atoms with E-state index >= 15 is 0 Å². The van der Waals surface area contributed by atoms with E-state index in [4.69, 9.17) is 5.73 Å². The number of likely N-dealkylation sites (tertiary alicyclic amines) is 1. The zero-order chi connectivity index (χ0) is 11.7.